The fraction of sp³-hybridized carbons (Fsp3) is 0.0435. The van der Waals surface area contributed by atoms with E-state index in [1.165, 1.54) is 0 Å². The van der Waals surface area contributed by atoms with Gasteiger partial charge in [0.2, 0.25) is 0 Å². The molecule has 4 rings (SSSR count). The molecule has 0 aliphatic rings. The van der Waals surface area contributed by atoms with Gasteiger partial charge in [-0.3, -0.25) is 0 Å². The zero-order valence-corrected chi connectivity index (χ0v) is 14.8. The summed E-state index contributed by atoms with van der Waals surface area (Å²) >= 11 is 0. The summed E-state index contributed by atoms with van der Waals surface area (Å²) in [5, 5.41) is 10.4. The van der Waals surface area contributed by atoms with Gasteiger partial charge in [-0.1, -0.05) is 72.8 Å². The van der Waals surface area contributed by atoms with Crippen LogP contribution in [0.4, 0.5) is 0 Å². The summed E-state index contributed by atoms with van der Waals surface area (Å²) in [6.07, 6.45) is 0. The Morgan fingerprint density at radius 3 is 1.34 bits per heavy atom. The van der Waals surface area contributed by atoms with Gasteiger partial charge >= 0.3 is 87.4 Å². The Balaban J connectivity index is 0.00000102. The second kappa shape index (κ2) is 12.7. The second-order valence-corrected chi connectivity index (χ2v) is 5.73. The maximum atomic E-state index is 12.5. The van der Waals surface area contributed by atoms with Crippen molar-refractivity contribution in [3.63, 3.8) is 0 Å². The third-order valence-corrected chi connectivity index (χ3v) is 4.20. The van der Waals surface area contributed by atoms with Gasteiger partial charge in [-0.05, 0) is 33.7 Å². The van der Waals surface area contributed by atoms with Crippen molar-refractivity contribution in [2.75, 3.05) is 7.11 Å². The van der Waals surface area contributed by atoms with E-state index in [4.69, 9.17) is 9.84 Å². The molecule has 0 aromatic heterocycles. The summed E-state index contributed by atoms with van der Waals surface area (Å²) in [5.74, 6) is -1.29. The molecule has 0 bridgehead atoms. The van der Waals surface area contributed by atoms with Crippen LogP contribution in [0.1, 0.15) is 20.7 Å². The first-order chi connectivity index (χ1) is 13.2. The van der Waals surface area contributed by atoms with Crippen molar-refractivity contribution < 1.29 is 19.4 Å². The molecule has 0 heterocycles. The van der Waals surface area contributed by atoms with Crippen LogP contribution in [0.3, 0.4) is 0 Å². The Morgan fingerprint density at radius 2 is 0.931 bits per heavy atom. The molecule has 0 saturated carbocycles. The molecule has 4 nitrogen and oxygen atoms in total. The molecule has 0 spiro atoms. The number of carbonyl (C=O) groups excluding carboxylic acids is 2. The molecule has 6 heteroatoms. The zero-order chi connectivity index (χ0) is 19.2. The van der Waals surface area contributed by atoms with Crippen molar-refractivity contribution in [2.45, 2.75) is 0 Å². The molecule has 4 aromatic rings. The van der Waals surface area contributed by atoms with Gasteiger partial charge in [0.05, 0.1) is 11.1 Å². The van der Waals surface area contributed by atoms with Crippen LogP contribution in [0.15, 0.2) is 84.9 Å². The number of benzene rings is 4. The average Bonchev–Trinajstić information content (AvgIpc) is 2.74. The molecule has 1 N–H and O–H groups in total. The molecule has 0 saturated heterocycles. The molecule has 0 amide bonds. The Hall–Kier alpha value is -0.981. The van der Waals surface area contributed by atoms with Gasteiger partial charge in [-0.15, -0.1) is 0 Å². The normalized spacial score (nSPS) is 9.45. The van der Waals surface area contributed by atoms with Crippen molar-refractivity contribution in [3.8, 4) is 0 Å². The van der Waals surface area contributed by atoms with E-state index in [0.717, 1.165) is 28.7 Å². The molecule has 0 aliphatic heterocycles. The summed E-state index contributed by atoms with van der Waals surface area (Å²) < 4.78 is 5.16. The zero-order valence-electron chi connectivity index (χ0n) is 14.8. The molecule has 29 heavy (non-hydrogen) atoms. The summed E-state index contributed by atoms with van der Waals surface area (Å²) in [6, 6.07) is 25.7. The van der Waals surface area contributed by atoms with Crippen LogP contribution in [0, 0.1) is 0 Å². The first kappa shape index (κ1) is 26.1. The summed E-state index contributed by atoms with van der Waals surface area (Å²) in [5.41, 5.74) is 0.762. The molecule has 0 atom stereocenters. The quantitative estimate of drug-likeness (QED) is 0.295. The maximum absolute atomic E-state index is 12.5. The number of carbonyl (C=O) groups is 2. The molecular formula is C23H22Ca2O4. The van der Waals surface area contributed by atoms with Crippen LogP contribution in [0.5, 0.6) is 0 Å². The third kappa shape index (κ3) is 6.02. The molecule has 0 unspecified atom stereocenters. The number of fused-ring (bicyclic) bond motifs is 2. The van der Waals surface area contributed by atoms with Gasteiger partial charge in [0.25, 0.3) is 0 Å². The van der Waals surface area contributed by atoms with Crippen molar-refractivity contribution >= 4 is 109 Å². The SMILES string of the molecule is CO.O=C(OC(=O)c1cccc2ccccc12)c1cccc2ccccc12.[CaH2].[CaH2]. The fourth-order valence-electron chi connectivity index (χ4n) is 3.00. The number of esters is 2. The number of hydrogen-bond acceptors (Lipinski definition) is 4. The van der Waals surface area contributed by atoms with E-state index in [1.54, 1.807) is 24.3 Å². The molecule has 4 aromatic carbocycles. The van der Waals surface area contributed by atoms with Crippen LogP contribution in [0.25, 0.3) is 21.5 Å². The number of ether oxygens (including phenoxy) is 1. The van der Waals surface area contributed by atoms with Crippen molar-refractivity contribution in [3.05, 3.63) is 96.1 Å². The topological polar surface area (TPSA) is 63.6 Å². The molecule has 0 radical (unpaired) electrons. The Labute approximate surface area is 228 Å². The van der Waals surface area contributed by atoms with E-state index >= 15 is 0 Å². The Morgan fingerprint density at radius 1 is 0.586 bits per heavy atom. The van der Waals surface area contributed by atoms with Gasteiger partial charge < -0.3 is 9.84 Å². The van der Waals surface area contributed by atoms with Crippen molar-refractivity contribution in [2.24, 2.45) is 0 Å². The molecular weight excluding hydrogens is 420 g/mol. The second-order valence-electron chi connectivity index (χ2n) is 5.73. The van der Waals surface area contributed by atoms with Gasteiger partial charge in [0.15, 0.2) is 0 Å². The first-order valence-electron chi connectivity index (χ1n) is 8.41. The van der Waals surface area contributed by atoms with Crippen molar-refractivity contribution in [1.29, 1.82) is 0 Å². The van der Waals surface area contributed by atoms with E-state index < -0.39 is 11.9 Å². The monoisotopic (exact) mass is 442 g/mol. The standard InChI is InChI=1S/C22H14O3.CH4O.2Ca.4H/c23-21(19-13-5-9-15-7-1-3-11-17(15)19)25-22(24)20-14-6-10-16-8-2-4-12-18(16)20;1-2;;;;;;/h1-14H;2H,1H3;;;;;;. The van der Waals surface area contributed by atoms with Gasteiger partial charge in [0, 0.05) is 7.11 Å². The fourth-order valence-corrected chi connectivity index (χ4v) is 3.00. The first-order valence-corrected chi connectivity index (χ1v) is 8.41. The predicted molar refractivity (Wildman–Crippen MR) is 123 cm³/mol. The number of hydrogen-bond donors (Lipinski definition) is 1. The van der Waals surface area contributed by atoms with Gasteiger partial charge in [-0.2, -0.15) is 0 Å². The molecule has 142 valence electrons. The van der Waals surface area contributed by atoms with E-state index in [-0.39, 0.29) is 75.5 Å². The molecule has 0 fully saturated rings. The van der Waals surface area contributed by atoms with Gasteiger partial charge in [0.1, 0.15) is 0 Å². The van der Waals surface area contributed by atoms with E-state index in [2.05, 4.69) is 0 Å². The molecule has 0 aliphatic carbocycles. The van der Waals surface area contributed by atoms with Gasteiger partial charge in [-0.25, -0.2) is 9.59 Å². The number of aliphatic hydroxyl groups excluding tert-OH is 1. The summed E-state index contributed by atoms with van der Waals surface area (Å²) in [4.78, 5) is 25.1. The third-order valence-electron chi connectivity index (χ3n) is 4.20. The minimum absolute atomic E-state index is 0. The van der Waals surface area contributed by atoms with E-state index in [1.807, 2.05) is 60.7 Å². The summed E-state index contributed by atoms with van der Waals surface area (Å²) in [7, 11) is 1.00. The van der Waals surface area contributed by atoms with Crippen molar-refractivity contribution in [1.82, 2.24) is 0 Å². The van der Waals surface area contributed by atoms with Crippen LogP contribution < -0.4 is 0 Å². The number of rotatable bonds is 2. The van der Waals surface area contributed by atoms with Crippen LogP contribution in [0.2, 0.25) is 0 Å². The van der Waals surface area contributed by atoms with Crippen LogP contribution in [-0.2, 0) is 4.74 Å². The average molecular weight is 443 g/mol. The summed E-state index contributed by atoms with van der Waals surface area (Å²) in [6.45, 7) is 0. The van der Waals surface area contributed by atoms with Crippen LogP contribution >= 0.6 is 0 Å². The minimum atomic E-state index is -0.644. The van der Waals surface area contributed by atoms with Crippen LogP contribution in [-0.4, -0.2) is 99.6 Å². The van der Waals surface area contributed by atoms with E-state index in [9.17, 15) is 9.59 Å². The predicted octanol–water partition coefficient (Wildman–Crippen LogP) is 2.77. The number of aliphatic hydroxyl groups is 1. The van der Waals surface area contributed by atoms with E-state index in [0.29, 0.717) is 11.1 Å². The Bertz CT molecular complexity index is 1030. The Kier molecular flexibility index (Phi) is 11.4.